The predicted octanol–water partition coefficient (Wildman–Crippen LogP) is 3.19. The summed E-state index contributed by atoms with van der Waals surface area (Å²) in [5.74, 6) is 3.97. The van der Waals surface area contributed by atoms with E-state index in [9.17, 15) is 0 Å². The van der Waals surface area contributed by atoms with Gasteiger partial charge in [-0.2, -0.15) is 4.98 Å². The molecule has 0 spiro atoms. The summed E-state index contributed by atoms with van der Waals surface area (Å²) in [6, 6.07) is 10.6. The van der Waals surface area contributed by atoms with Gasteiger partial charge in [0.15, 0.2) is 11.8 Å². The Hall–Kier alpha value is -1.29. The third kappa shape index (κ3) is 5.88. The standard InChI is InChI=1S/C17H23N5OS.HI/c1-13-20-16(21-23-13)10-19-17(18-2)22-9-8-14(11-22)12-24-15-6-4-3-5-7-15;/h3-7,14H,8-12H2,1-2H3,(H,18,19);1H. The van der Waals surface area contributed by atoms with E-state index >= 15 is 0 Å². The van der Waals surface area contributed by atoms with Gasteiger partial charge in [0, 0.05) is 37.7 Å². The van der Waals surface area contributed by atoms with Crippen molar-refractivity contribution in [3.05, 3.63) is 42.0 Å². The Kier molecular flexibility index (Phi) is 8.01. The minimum Gasteiger partial charge on any atom is -0.349 e. The van der Waals surface area contributed by atoms with E-state index in [-0.39, 0.29) is 24.0 Å². The summed E-state index contributed by atoms with van der Waals surface area (Å²) in [4.78, 5) is 12.2. The van der Waals surface area contributed by atoms with Gasteiger partial charge in [-0.15, -0.1) is 35.7 Å². The molecule has 0 radical (unpaired) electrons. The molecule has 0 amide bonds. The number of hydrogen-bond acceptors (Lipinski definition) is 5. The largest absolute Gasteiger partial charge is 0.349 e. The molecule has 1 aliphatic rings. The lowest BCUT2D eigenvalue weighted by Gasteiger charge is -2.21. The number of nitrogens with zero attached hydrogens (tertiary/aromatic N) is 4. The van der Waals surface area contributed by atoms with Crippen molar-refractivity contribution in [1.82, 2.24) is 20.4 Å². The van der Waals surface area contributed by atoms with Crippen LogP contribution < -0.4 is 5.32 Å². The zero-order valence-corrected chi connectivity index (χ0v) is 17.7. The maximum absolute atomic E-state index is 4.99. The Morgan fingerprint density at radius 3 is 2.88 bits per heavy atom. The van der Waals surface area contributed by atoms with Crippen molar-refractivity contribution in [2.24, 2.45) is 10.9 Å². The topological polar surface area (TPSA) is 66.5 Å². The fourth-order valence-corrected chi connectivity index (χ4v) is 3.85. The van der Waals surface area contributed by atoms with Gasteiger partial charge in [0.1, 0.15) is 0 Å². The van der Waals surface area contributed by atoms with E-state index in [4.69, 9.17) is 4.52 Å². The number of guanidine groups is 1. The molecule has 25 heavy (non-hydrogen) atoms. The number of halogens is 1. The number of benzene rings is 1. The summed E-state index contributed by atoms with van der Waals surface area (Å²) in [5, 5.41) is 7.22. The third-order valence-electron chi connectivity index (χ3n) is 4.00. The fraction of sp³-hybridized carbons (Fsp3) is 0.471. The van der Waals surface area contributed by atoms with E-state index in [1.165, 1.54) is 11.3 Å². The van der Waals surface area contributed by atoms with Crippen LogP contribution in [-0.2, 0) is 6.54 Å². The number of aromatic nitrogens is 2. The molecule has 1 aromatic carbocycles. The van der Waals surface area contributed by atoms with Crippen LogP contribution in [0.3, 0.4) is 0 Å². The highest BCUT2D eigenvalue weighted by atomic mass is 127. The average Bonchev–Trinajstić information content (AvgIpc) is 3.24. The SMILES string of the molecule is CN=C(NCc1noc(C)n1)N1CCC(CSc2ccccc2)C1.I. The quantitative estimate of drug-likeness (QED) is 0.312. The number of thioether (sulfide) groups is 1. The van der Waals surface area contributed by atoms with Crippen molar-refractivity contribution < 1.29 is 4.52 Å². The molecular formula is C17H24IN5OS. The van der Waals surface area contributed by atoms with Gasteiger partial charge in [0.2, 0.25) is 5.89 Å². The summed E-state index contributed by atoms with van der Waals surface area (Å²) in [7, 11) is 1.82. The number of hydrogen-bond donors (Lipinski definition) is 1. The van der Waals surface area contributed by atoms with Crippen LogP contribution in [0.5, 0.6) is 0 Å². The van der Waals surface area contributed by atoms with E-state index in [0.717, 1.165) is 24.8 Å². The molecule has 1 saturated heterocycles. The zero-order chi connectivity index (χ0) is 16.8. The number of likely N-dealkylation sites (tertiary alicyclic amines) is 1. The molecule has 136 valence electrons. The summed E-state index contributed by atoms with van der Waals surface area (Å²) >= 11 is 1.93. The lowest BCUT2D eigenvalue weighted by Crippen LogP contribution is -2.40. The van der Waals surface area contributed by atoms with Crippen molar-refractivity contribution in [3.63, 3.8) is 0 Å². The van der Waals surface area contributed by atoms with E-state index in [1.807, 2.05) is 18.8 Å². The first-order chi connectivity index (χ1) is 11.7. The number of nitrogens with one attached hydrogen (secondary N) is 1. The fourth-order valence-electron chi connectivity index (χ4n) is 2.80. The summed E-state index contributed by atoms with van der Waals surface area (Å²) in [6.07, 6.45) is 1.20. The van der Waals surface area contributed by atoms with Crippen LogP contribution in [-0.4, -0.2) is 46.9 Å². The highest BCUT2D eigenvalue weighted by molar-refractivity contribution is 14.0. The molecule has 0 saturated carbocycles. The van der Waals surface area contributed by atoms with Crippen molar-refractivity contribution in [2.75, 3.05) is 25.9 Å². The van der Waals surface area contributed by atoms with Crippen LogP contribution in [0.1, 0.15) is 18.1 Å². The monoisotopic (exact) mass is 473 g/mol. The number of aliphatic imine (C=N–C) groups is 1. The van der Waals surface area contributed by atoms with Crippen LogP contribution >= 0.6 is 35.7 Å². The van der Waals surface area contributed by atoms with Gasteiger partial charge in [-0.25, -0.2) is 0 Å². The first-order valence-corrected chi connectivity index (χ1v) is 9.16. The Morgan fingerprint density at radius 1 is 1.40 bits per heavy atom. The smallest absolute Gasteiger partial charge is 0.223 e. The Bertz CT molecular complexity index is 679. The van der Waals surface area contributed by atoms with Crippen LogP contribution in [0.2, 0.25) is 0 Å². The van der Waals surface area contributed by atoms with Crippen LogP contribution in [0.4, 0.5) is 0 Å². The van der Waals surface area contributed by atoms with Gasteiger partial charge in [0.05, 0.1) is 6.54 Å². The molecule has 1 fully saturated rings. The predicted molar refractivity (Wildman–Crippen MR) is 111 cm³/mol. The van der Waals surface area contributed by atoms with Crippen molar-refractivity contribution in [2.45, 2.75) is 24.8 Å². The first-order valence-electron chi connectivity index (χ1n) is 8.17. The second-order valence-corrected chi connectivity index (χ2v) is 6.95. The third-order valence-corrected chi connectivity index (χ3v) is 5.24. The van der Waals surface area contributed by atoms with Crippen LogP contribution in [0.25, 0.3) is 0 Å². The summed E-state index contributed by atoms with van der Waals surface area (Å²) < 4.78 is 4.99. The van der Waals surface area contributed by atoms with Crippen molar-refractivity contribution in [1.29, 1.82) is 0 Å². The molecule has 0 aliphatic carbocycles. The maximum Gasteiger partial charge on any atom is 0.223 e. The van der Waals surface area contributed by atoms with Gasteiger partial charge in [-0.3, -0.25) is 4.99 Å². The number of aryl methyl sites for hydroxylation is 1. The zero-order valence-electron chi connectivity index (χ0n) is 14.5. The Balaban J connectivity index is 0.00000225. The molecular weight excluding hydrogens is 449 g/mol. The van der Waals surface area contributed by atoms with E-state index in [1.54, 1.807) is 6.92 Å². The highest BCUT2D eigenvalue weighted by Gasteiger charge is 2.25. The normalized spacial score (nSPS) is 17.4. The Morgan fingerprint density at radius 2 is 2.20 bits per heavy atom. The van der Waals surface area contributed by atoms with Crippen molar-refractivity contribution >= 4 is 41.7 Å². The molecule has 2 heterocycles. The van der Waals surface area contributed by atoms with Gasteiger partial charge < -0.3 is 14.7 Å². The minimum absolute atomic E-state index is 0. The molecule has 1 aromatic heterocycles. The van der Waals surface area contributed by atoms with E-state index < -0.39 is 0 Å². The molecule has 8 heteroatoms. The molecule has 0 bridgehead atoms. The highest BCUT2D eigenvalue weighted by Crippen LogP contribution is 2.25. The van der Waals surface area contributed by atoms with Gasteiger partial charge in [-0.05, 0) is 24.5 Å². The summed E-state index contributed by atoms with van der Waals surface area (Å²) in [5.41, 5.74) is 0. The lowest BCUT2D eigenvalue weighted by molar-refractivity contribution is 0.386. The van der Waals surface area contributed by atoms with Gasteiger partial charge in [-0.1, -0.05) is 23.4 Å². The molecule has 1 atom stereocenters. The number of rotatable bonds is 5. The Labute approximate surface area is 169 Å². The van der Waals surface area contributed by atoms with Gasteiger partial charge in [0.25, 0.3) is 0 Å². The average molecular weight is 473 g/mol. The summed E-state index contributed by atoms with van der Waals surface area (Å²) in [6.45, 7) is 4.39. The minimum atomic E-state index is 0. The molecule has 2 aromatic rings. The second kappa shape index (κ2) is 10.0. The maximum atomic E-state index is 4.99. The van der Waals surface area contributed by atoms with E-state index in [0.29, 0.717) is 24.2 Å². The molecule has 1 N–H and O–H groups in total. The molecule has 1 aliphatic heterocycles. The molecule has 3 rings (SSSR count). The van der Waals surface area contributed by atoms with Crippen LogP contribution in [0, 0.1) is 12.8 Å². The van der Waals surface area contributed by atoms with Crippen LogP contribution in [0.15, 0.2) is 44.7 Å². The van der Waals surface area contributed by atoms with Crippen molar-refractivity contribution in [3.8, 4) is 0 Å². The first kappa shape index (κ1) is 20.0. The van der Waals surface area contributed by atoms with Gasteiger partial charge >= 0.3 is 0 Å². The molecule has 1 unspecified atom stereocenters. The van der Waals surface area contributed by atoms with E-state index in [2.05, 4.69) is 55.7 Å². The second-order valence-electron chi connectivity index (χ2n) is 5.86. The lowest BCUT2D eigenvalue weighted by atomic mass is 10.2. The molecule has 6 nitrogen and oxygen atoms in total.